The van der Waals surface area contributed by atoms with E-state index in [0.29, 0.717) is 0 Å². The van der Waals surface area contributed by atoms with Crippen LogP contribution in [0.4, 0.5) is 13.2 Å². The molecular formula is C11H11F3O5. The van der Waals surface area contributed by atoms with E-state index in [9.17, 15) is 18.0 Å². The van der Waals surface area contributed by atoms with Crippen molar-refractivity contribution < 1.29 is 37.3 Å². The van der Waals surface area contributed by atoms with E-state index < -0.39 is 18.1 Å². The molecule has 8 heteroatoms. The Bertz CT molecular complexity index is 444. The summed E-state index contributed by atoms with van der Waals surface area (Å²) in [5.41, 5.74) is -0.259. The van der Waals surface area contributed by atoms with Crippen molar-refractivity contribution >= 4 is 5.97 Å². The van der Waals surface area contributed by atoms with Gasteiger partial charge in [-0.1, -0.05) is 0 Å². The number of ether oxygens (including phenoxy) is 3. The standard InChI is InChI=1S/C11H11F3O5/c1-17-4-5-18-9-6-7(19-11(12,13)14)2-3-8(9)10(15)16/h2-3,6H,4-5H2,1H3,(H,15,16). The van der Waals surface area contributed by atoms with Crippen LogP contribution in [-0.4, -0.2) is 37.8 Å². The molecule has 1 N–H and O–H groups in total. The molecule has 0 fully saturated rings. The molecule has 19 heavy (non-hydrogen) atoms. The minimum atomic E-state index is -4.85. The molecule has 0 radical (unpaired) electrons. The molecule has 106 valence electrons. The van der Waals surface area contributed by atoms with Gasteiger partial charge in [-0.05, 0) is 12.1 Å². The number of methoxy groups -OCH3 is 1. The number of carbonyl (C=O) groups is 1. The van der Waals surface area contributed by atoms with Crippen molar-refractivity contribution in [2.75, 3.05) is 20.3 Å². The maximum atomic E-state index is 12.0. The Morgan fingerprint density at radius 2 is 2.00 bits per heavy atom. The van der Waals surface area contributed by atoms with Crippen LogP contribution in [0.5, 0.6) is 11.5 Å². The Hall–Kier alpha value is -1.96. The molecule has 0 aliphatic heterocycles. The van der Waals surface area contributed by atoms with E-state index in [-0.39, 0.29) is 24.5 Å². The summed E-state index contributed by atoms with van der Waals surface area (Å²) in [5, 5.41) is 8.87. The lowest BCUT2D eigenvalue weighted by molar-refractivity contribution is -0.274. The first-order chi connectivity index (χ1) is 8.83. The molecule has 0 aromatic heterocycles. The Morgan fingerprint density at radius 3 is 2.53 bits per heavy atom. The number of halogens is 3. The fourth-order valence-corrected chi connectivity index (χ4v) is 1.23. The Morgan fingerprint density at radius 1 is 1.32 bits per heavy atom. The van der Waals surface area contributed by atoms with E-state index in [1.807, 2.05) is 0 Å². The molecule has 0 atom stereocenters. The number of benzene rings is 1. The molecule has 0 unspecified atom stereocenters. The van der Waals surface area contributed by atoms with Crippen LogP contribution in [0.15, 0.2) is 18.2 Å². The van der Waals surface area contributed by atoms with Gasteiger partial charge in [0.15, 0.2) is 0 Å². The first-order valence-electron chi connectivity index (χ1n) is 5.08. The van der Waals surface area contributed by atoms with Crippen molar-refractivity contribution in [2.45, 2.75) is 6.36 Å². The van der Waals surface area contributed by atoms with Gasteiger partial charge in [-0.25, -0.2) is 4.79 Å². The molecule has 0 saturated heterocycles. The van der Waals surface area contributed by atoms with E-state index in [1.165, 1.54) is 7.11 Å². The van der Waals surface area contributed by atoms with Crippen LogP contribution >= 0.6 is 0 Å². The zero-order valence-electron chi connectivity index (χ0n) is 9.86. The number of hydrogen-bond acceptors (Lipinski definition) is 4. The number of carboxylic acids is 1. The van der Waals surface area contributed by atoms with Crippen LogP contribution in [0.1, 0.15) is 10.4 Å². The first-order valence-corrected chi connectivity index (χ1v) is 5.08. The third-order valence-electron chi connectivity index (χ3n) is 1.96. The number of hydrogen-bond donors (Lipinski definition) is 1. The van der Waals surface area contributed by atoms with Gasteiger partial charge < -0.3 is 19.3 Å². The molecule has 0 aliphatic carbocycles. The number of alkyl halides is 3. The molecule has 1 aromatic rings. The van der Waals surface area contributed by atoms with Crippen LogP contribution in [0.3, 0.4) is 0 Å². The highest BCUT2D eigenvalue weighted by atomic mass is 19.4. The second-order valence-electron chi connectivity index (χ2n) is 3.35. The van der Waals surface area contributed by atoms with Gasteiger partial charge in [0.2, 0.25) is 0 Å². The number of rotatable bonds is 6. The summed E-state index contributed by atoms with van der Waals surface area (Å²) >= 11 is 0. The summed E-state index contributed by atoms with van der Waals surface area (Å²) in [6, 6.07) is 2.75. The maximum absolute atomic E-state index is 12.0. The van der Waals surface area contributed by atoms with E-state index in [4.69, 9.17) is 14.6 Å². The summed E-state index contributed by atoms with van der Waals surface area (Å²) in [6.07, 6.45) is -4.85. The highest BCUT2D eigenvalue weighted by Gasteiger charge is 2.31. The average molecular weight is 280 g/mol. The SMILES string of the molecule is COCCOc1cc(OC(F)(F)F)ccc1C(=O)O. The van der Waals surface area contributed by atoms with E-state index in [2.05, 4.69) is 4.74 Å². The fraction of sp³-hybridized carbons (Fsp3) is 0.364. The zero-order valence-corrected chi connectivity index (χ0v) is 9.86. The molecule has 0 spiro atoms. The van der Waals surface area contributed by atoms with Gasteiger partial charge in [0, 0.05) is 13.2 Å². The van der Waals surface area contributed by atoms with Gasteiger partial charge in [0.25, 0.3) is 0 Å². The Balaban J connectivity index is 2.94. The van der Waals surface area contributed by atoms with Gasteiger partial charge in [0.05, 0.1) is 6.61 Å². The highest BCUT2D eigenvalue weighted by Crippen LogP contribution is 2.29. The zero-order chi connectivity index (χ0) is 14.5. The van der Waals surface area contributed by atoms with Crippen LogP contribution in [-0.2, 0) is 4.74 Å². The van der Waals surface area contributed by atoms with Crippen molar-refractivity contribution in [3.63, 3.8) is 0 Å². The quantitative estimate of drug-likeness (QED) is 0.810. The van der Waals surface area contributed by atoms with E-state index in [1.54, 1.807) is 0 Å². The largest absolute Gasteiger partial charge is 0.573 e. The van der Waals surface area contributed by atoms with Crippen molar-refractivity contribution in [3.05, 3.63) is 23.8 Å². The first kappa shape index (κ1) is 15.1. The molecule has 1 rings (SSSR count). The van der Waals surface area contributed by atoms with Crippen LogP contribution in [0.25, 0.3) is 0 Å². The van der Waals surface area contributed by atoms with Crippen LogP contribution < -0.4 is 9.47 Å². The lowest BCUT2D eigenvalue weighted by atomic mass is 10.2. The van der Waals surface area contributed by atoms with E-state index >= 15 is 0 Å². The summed E-state index contributed by atoms with van der Waals surface area (Å²) in [7, 11) is 1.41. The van der Waals surface area contributed by atoms with Crippen molar-refractivity contribution in [2.24, 2.45) is 0 Å². The van der Waals surface area contributed by atoms with Gasteiger partial charge in [0.1, 0.15) is 23.7 Å². The topological polar surface area (TPSA) is 65.0 Å². The van der Waals surface area contributed by atoms with Gasteiger partial charge in [-0.3, -0.25) is 0 Å². The predicted octanol–water partition coefficient (Wildman–Crippen LogP) is 2.31. The second-order valence-corrected chi connectivity index (χ2v) is 3.35. The van der Waals surface area contributed by atoms with Gasteiger partial charge in [-0.15, -0.1) is 13.2 Å². The van der Waals surface area contributed by atoms with Gasteiger partial charge >= 0.3 is 12.3 Å². The number of carboxylic acid groups (broad SMARTS) is 1. The monoisotopic (exact) mass is 280 g/mol. The molecule has 0 heterocycles. The average Bonchev–Trinajstić information content (AvgIpc) is 2.27. The fourth-order valence-electron chi connectivity index (χ4n) is 1.23. The highest BCUT2D eigenvalue weighted by molar-refractivity contribution is 5.91. The summed E-state index contributed by atoms with van der Waals surface area (Å²) in [5.74, 6) is -2.08. The second kappa shape index (κ2) is 6.28. The Labute approximate surface area is 106 Å². The smallest absolute Gasteiger partial charge is 0.490 e. The lowest BCUT2D eigenvalue weighted by Gasteiger charge is -2.12. The summed E-state index contributed by atoms with van der Waals surface area (Å²) in [6.45, 7) is 0.176. The lowest BCUT2D eigenvalue weighted by Crippen LogP contribution is -2.17. The van der Waals surface area contributed by atoms with Gasteiger partial charge in [-0.2, -0.15) is 0 Å². The third-order valence-corrected chi connectivity index (χ3v) is 1.96. The molecule has 0 bridgehead atoms. The molecule has 1 aromatic carbocycles. The maximum Gasteiger partial charge on any atom is 0.573 e. The van der Waals surface area contributed by atoms with E-state index in [0.717, 1.165) is 18.2 Å². The summed E-state index contributed by atoms with van der Waals surface area (Å²) in [4.78, 5) is 10.9. The van der Waals surface area contributed by atoms with Crippen LogP contribution in [0.2, 0.25) is 0 Å². The summed E-state index contributed by atoms with van der Waals surface area (Å²) < 4.78 is 49.5. The minimum absolute atomic E-state index is 0.00620. The van der Waals surface area contributed by atoms with Crippen LogP contribution in [0, 0.1) is 0 Å². The molecular weight excluding hydrogens is 269 g/mol. The molecule has 0 saturated carbocycles. The molecule has 5 nitrogen and oxygen atoms in total. The molecule has 0 aliphatic rings. The normalized spacial score (nSPS) is 11.2. The number of aromatic carboxylic acids is 1. The van der Waals surface area contributed by atoms with Crippen molar-refractivity contribution in [1.29, 1.82) is 0 Å². The molecule has 0 amide bonds. The minimum Gasteiger partial charge on any atom is -0.490 e. The third kappa shape index (κ3) is 5.04. The Kier molecular flexibility index (Phi) is 4.99. The van der Waals surface area contributed by atoms with Crippen molar-refractivity contribution in [1.82, 2.24) is 0 Å². The predicted molar refractivity (Wildman–Crippen MR) is 57.5 cm³/mol. The van der Waals surface area contributed by atoms with Crippen molar-refractivity contribution in [3.8, 4) is 11.5 Å².